The van der Waals surface area contributed by atoms with Gasteiger partial charge in [0, 0.05) is 25.0 Å². The fourth-order valence-electron chi connectivity index (χ4n) is 3.65. The van der Waals surface area contributed by atoms with Crippen LogP contribution >= 0.6 is 0 Å². The van der Waals surface area contributed by atoms with E-state index in [1.807, 2.05) is 42.5 Å². The van der Waals surface area contributed by atoms with Gasteiger partial charge >= 0.3 is 5.97 Å². The van der Waals surface area contributed by atoms with E-state index < -0.39 is 5.97 Å². The Morgan fingerprint density at radius 3 is 2.31 bits per heavy atom. The van der Waals surface area contributed by atoms with Crippen molar-refractivity contribution >= 4 is 23.4 Å². The van der Waals surface area contributed by atoms with Crippen LogP contribution in [-0.4, -0.2) is 34.1 Å². The SMILES string of the molecule is O=C(O)C1CCN(c2ccnc(N(Cc3ccccc3)c3ccccc3)n2)CC1. The van der Waals surface area contributed by atoms with E-state index in [2.05, 4.69) is 39.0 Å². The summed E-state index contributed by atoms with van der Waals surface area (Å²) in [7, 11) is 0. The minimum Gasteiger partial charge on any atom is -0.481 e. The van der Waals surface area contributed by atoms with Crippen molar-refractivity contribution < 1.29 is 9.90 Å². The van der Waals surface area contributed by atoms with Crippen molar-refractivity contribution in [1.82, 2.24) is 9.97 Å². The number of para-hydroxylation sites is 1. The minimum absolute atomic E-state index is 0.258. The van der Waals surface area contributed by atoms with Crippen LogP contribution in [0.1, 0.15) is 18.4 Å². The average molecular weight is 388 g/mol. The number of aliphatic carboxylic acids is 1. The molecule has 148 valence electrons. The van der Waals surface area contributed by atoms with Crippen molar-refractivity contribution in [2.75, 3.05) is 22.9 Å². The van der Waals surface area contributed by atoms with Gasteiger partial charge in [-0.3, -0.25) is 4.79 Å². The molecule has 1 N–H and O–H groups in total. The molecule has 6 heteroatoms. The third kappa shape index (κ3) is 4.54. The summed E-state index contributed by atoms with van der Waals surface area (Å²) in [5.74, 6) is 0.517. The summed E-state index contributed by atoms with van der Waals surface area (Å²) in [5, 5.41) is 9.23. The van der Waals surface area contributed by atoms with Crippen LogP contribution in [0.4, 0.5) is 17.5 Å². The van der Waals surface area contributed by atoms with Crippen LogP contribution in [0, 0.1) is 5.92 Å². The van der Waals surface area contributed by atoms with Gasteiger partial charge in [-0.25, -0.2) is 4.98 Å². The highest BCUT2D eigenvalue weighted by Crippen LogP contribution is 2.27. The molecule has 0 amide bonds. The van der Waals surface area contributed by atoms with Gasteiger partial charge in [0.1, 0.15) is 5.82 Å². The zero-order chi connectivity index (χ0) is 20.1. The molecule has 1 saturated heterocycles. The predicted molar refractivity (Wildman–Crippen MR) is 113 cm³/mol. The molecule has 0 bridgehead atoms. The average Bonchev–Trinajstić information content (AvgIpc) is 2.79. The molecule has 29 heavy (non-hydrogen) atoms. The van der Waals surface area contributed by atoms with E-state index in [4.69, 9.17) is 4.98 Å². The van der Waals surface area contributed by atoms with E-state index in [9.17, 15) is 9.90 Å². The number of benzene rings is 2. The second kappa shape index (κ2) is 8.73. The number of piperidine rings is 1. The number of hydrogen-bond donors (Lipinski definition) is 1. The molecule has 1 aromatic heterocycles. The Labute approximate surface area is 170 Å². The monoisotopic (exact) mass is 388 g/mol. The van der Waals surface area contributed by atoms with Gasteiger partial charge in [-0.1, -0.05) is 48.5 Å². The second-order valence-corrected chi connectivity index (χ2v) is 7.22. The number of anilines is 3. The van der Waals surface area contributed by atoms with Gasteiger partial charge in [0.2, 0.25) is 5.95 Å². The predicted octanol–water partition coefficient (Wildman–Crippen LogP) is 4.12. The van der Waals surface area contributed by atoms with Gasteiger partial charge in [0.25, 0.3) is 0 Å². The van der Waals surface area contributed by atoms with E-state index in [0.29, 0.717) is 38.4 Å². The third-order valence-electron chi connectivity index (χ3n) is 5.29. The van der Waals surface area contributed by atoms with Gasteiger partial charge < -0.3 is 14.9 Å². The van der Waals surface area contributed by atoms with Crippen molar-refractivity contribution in [2.45, 2.75) is 19.4 Å². The summed E-state index contributed by atoms with van der Waals surface area (Å²) in [6.07, 6.45) is 3.06. The lowest BCUT2D eigenvalue weighted by Crippen LogP contribution is -2.37. The summed E-state index contributed by atoms with van der Waals surface area (Å²) >= 11 is 0. The van der Waals surface area contributed by atoms with Crippen LogP contribution in [0.5, 0.6) is 0 Å². The van der Waals surface area contributed by atoms with Crippen LogP contribution in [0.3, 0.4) is 0 Å². The maximum Gasteiger partial charge on any atom is 0.306 e. The van der Waals surface area contributed by atoms with Crippen molar-refractivity contribution in [2.24, 2.45) is 5.92 Å². The molecule has 2 aromatic carbocycles. The number of rotatable bonds is 6. The molecule has 0 unspecified atom stereocenters. The van der Waals surface area contributed by atoms with Crippen LogP contribution in [-0.2, 0) is 11.3 Å². The van der Waals surface area contributed by atoms with Crippen LogP contribution < -0.4 is 9.80 Å². The molecular weight excluding hydrogens is 364 g/mol. The van der Waals surface area contributed by atoms with Crippen molar-refractivity contribution in [1.29, 1.82) is 0 Å². The fourth-order valence-corrected chi connectivity index (χ4v) is 3.65. The lowest BCUT2D eigenvalue weighted by atomic mass is 9.97. The van der Waals surface area contributed by atoms with E-state index >= 15 is 0 Å². The zero-order valence-electron chi connectivity index (χ0n) is 16.2. The van der Waals surface area contributed by atoms with Gasteiger partial charge in [-0.15, -0.1) is 0 Å². The highest BCUT2D eigenvalue weighted by atomic mass is 16.4. The molecule has 4 rings (SSSR count). The summed E-state index contributed by atoms with van der Waals surface area (Å²) in [4.78, 5) is 24.8. The number of hydrogen-bond acceptors (Lipinski definition) is 5. The first-order chi connectivity index (χ1) is 14.2. The quantitative estimate of drug-likeness (QED) is 0.685. The Bertz CT molecular complexity index is 941. The molecule has 1 aliphatic heterocycles. The van der Waals surface area contributed by atoms with Crippen LogP contribution in [0.25, 0.3) is 0 Å². The van der Waals surface area contributed by atoms with Crippen LogP contribution in [0.2, 0.25) is 0 Å². The smallest absolute Gasteiger partial charge is 0.306 e. The number of carboxylic acid groups (broad SMARTS) is 1. The maximum absolute atomic E-state index is 11.2. The van der Waals surface area contributed by atoms with Gasteiger partial charge in [0.15, 0.2) is 0 Å². The fraction of sp³-hybridized carbons (Fsp3) is 0.261. The van der Waals surface area contributed by atoms with Crippen molar-refractivity contribution in [3.63, 3.8) is 0 Å². The molecule has 0 saturated carbocycles. The first kappa shape index (κ1) is 18.9. The second-order valence-electron chi connectivity index (χ2n) is 7.22. The van der Waals surface area contributed by atoms with Crippen molar-refractivity contribution in [3.8, 4) is 0 Å². The topological polar surface area (TPSA) is 69.6 Å². The molecule has 0 aliphatic carbocycles. The molecular formula is C23H24N4O2. The van der Waals surface area contributed by atoms with E-state index in [1.54, 1.807) is 6.20 Å². The summed E-state index contributed by atoms with van der Waals surface area (Å²) in [6.45, 7) is 2.05. The molecule has 0 radical (unpaired) electrons. The van der Waals surface area contributed by atoms with Gasteiger partial charge in [-0.2, -0.15) is 4.98 Å². The normalized spacial score (nSPS) is 14.6. The summed E-state index contributed by atoms with van der Waals surface area (Å²) in [5.41, 5.74) is 2.20. The van der Waals surface area contributed by atoms with E-state index in [-0.39, 0.29) is 5.92 Å². The summed E-state index contributed by atoms with van der Waals surface area (Å²) < 4.78 is 0. The number of nitrogens with zero attached hydrogens (tertiary/aromatic N) is 4. The largest absolute Gasteiger partial charge is 0.481 e. The van der Waals surface area contributed by atoms with Crippen LogP contribution in [0.15, 0.2) is 72.9 Å². The molecule has 1 aliphatic rings. The number of carboxylic acids is 1. The maximum atomic E-state index is 11.2. The molecule has 0 atom stereocenters. The first-order valence-corrected chi connectivity index (χ1v) is 9.88. The van der Waals surface area contributed by atoms with Crippen molar-refractivity contribution in [3.05, 3.63) is 78.5 Å². The summed E-state index contributed by atoms with van der Waals surface area (Å²) in [6, 6.07) is 22.3. The Balaban J connectivity index is 1.60. The molecule has 2 heterocycles. The molecule has 0 spiro atoms. The number of carbonyl (C=O) groups is 1. The first-order valence-electron chi connectivity index (χ1n) is 9.88. The molecule has 1 fully saturated rings. The lowest BCUT2D eigenvalue weighted by Gasteiger charge is -2.31. The van der Waals surface area contributed by atoms with E-state index in [1.165, 1.54) is 5.56 Å². The Hall–Kier alpha value is -3.41. The van der Waals surface area contributed by atoms with Gasteiger partial charge in [-0.05, 0) is 36.6 Å². The van der Waals surface area contributed by atoms with E-state index in [0.717, 1.165) is 11.5 Å². The lowest BCUT2D eigenvalue weighted by molar-refractivity contribution is -0.142. The Morgan fingerprint density at radius 1 is 1.00 bits per heavy atom. The Morgan fingerprint density at radius 2 is 1.66 bits per heavy atom. The minimum atomic E-state index is -0.703. The Kier molecular flexibility index (Phi) is 5.70. The molecule has 3 aromatic rings. The highest BCUT2D eigenvalue weighted by molar-refractivity contribution is 5.70. The third-order valence-corrected chi connectivity index (χ3v) is 5.29. The highest BCUT2D eigenvalue weighted by Gasteiger charge is 2.25. The standard InChI is InChI=1S/C23H24N4O2/c28-22(29)19-12-15-26(16-13-19)21-11-14-24-23(25-21)27(20-9-5-2-6-10-20)17-18-7-3-1-4-8-18/h1-11,14,19H,12-13,15-17H2,(H,28,29). The zero-order valence-corrected chi connectivity index (χ0v) is 16.2. The molecule has 6 nitrogen and oxygen atoms in total. The number of aromatic nitrogens is 2. The van der Waals surface area contributed by atoms with Gasteiger partial charge in [0.05, 0.1) is 12.5 Å².